The molecule has 2 N–H and O–H groups in total. The maximum Gasteiger partial charge on any atom is 0.210 e. The number of hydrogen-bond donors (Lipinski definition) is 1. The number of benzene rings is 1. The fraction of sp³-hybridized carbons (Fsp3) is 0.143. The smallest absolute Gasteiger partial charge is 0.210 e. The van der Waals surface area contributed by atoms with Gasteiger partial charge in [-0.15, -0.1) is 0 Å². The molecule has 1 aliphatic heterocycles. The first-order chi connectivity index (χ1) is 9.25. The van der Waals surface area contributed by atoms with E-state index in [2.05, 4.69) is 4.98 Å². The Labute approximate surface area is 110 Å². The fourth-order valence-electron chi connectivity index (χ4n) is 1.93. The van der Waals surface area contributed by atoms with E-state index in [1.165, 1.54) is 6.20 Å². The van der Waals surface area contributed by atoms with Gasteiger partial charge < -0.3 is 15.2 Å². The Kier molecular flexibility index (Phi) is 2.79. The molecule has 0 saturated heterocycles. The van der Waals surface area contributed by atoms with E-state index in [4.69, 9.17) is 15.2 Å². The second-order valence-electron chi connectivity index (χ2n) is 4.19. The number of rotatable bonds is 2. The van der Waals surface area contributed by atoms with E-state index in [0.717, 1.165) is 0 Å². The largest absolute Gasteiger partial charge is 0.485 e. The van der Waals surface area contributed by atoms with Gasteiger partial charge >= 0.3 is 0 Å². The molecular formula is C14H12N2O3. The molecule has 2 heterocycles. The van der Waals surface area contributed by atoms with Gasteiger partial charge in [-0.05, 0) is 18.2 Å². The summed E-state index contributed by atoms with van der Waals surface area (Å²) < 4.78 is 11.2. The molecule has 1 aromatic carbocycles. The van der Waals surface area contributed by atoms with Crippen molar-refractivity contribution in [1.29, 1.82) is 0 Å². The van der Waals surface area contributed by atoms with Crippen molar-refractivity contribution >= 4 is 11.5 Å². The van der Waals surface area contributed by atoms with E-state index in [-0.39, 0.29) is 12.4 Å². The molecule has 0 aliphatic carbocycles. The van der Waals surface area contributed by atoms with Crippen LogP contribution in [0.2, 0.25) is 0 Å². The molecule has 5 nitrogen and oxygen atoms in total. The van der Waals surface area contributed by atoms with Crippen molar-refractivity contribution in [3.8, 4) is 11.5 Å². The standard InChI is InChI=1S/C14H12N2O3/c15-10-5-6-16-7-9(10)14(17)13-8-18-11-3-1-2-4-12(11)19-13/h1-7,13H,8H2,(H2,15,16). The van der Waals surface area contributed by atoms with Crippen molar-refractivity contribution in [2.45, 2.75) is 6.10 Å². The maximum atomic E-state index is 12.3. The SMILES string of the molecule is Nc1ccncc1C(=O)C1COc2ccccc2O1. The highest BCUT2D eigenvalue weighted by Gasteiger charge is 2.29. The average molecular weight is 256 g/mol. The van der Waals surface area contributed by atoms with Gasteiger partial charge in [0.25, 0.3) is 0 Å². The van der Waals surface area contributed by atoms with Gasteiger partial charge in [0.15, 0.2) is 17.6 Å². The van der Waals surface area contributed by atoms with Gasteiger partial charge in [0.1, 0.15) is 6.61 Å². The van der Waals surface area contributed by atoms with E-state index >= 15 is 0 Å². The predicted molar refractivity (Wildman–Crippen MR) is 69.3 cm³/mol. The number of nitrogens with zero attached hydrogens (tertiary/aromatic N) is 1. The summed E-state index contributed by atoms with van der Waals surface area (Å²) in [5, 5.41) is 0. The van der Waals surface area contributed by atoms with Crippen LogP contribution in [0.5, 0.6) is 11.5 Å². The second kappa shape index (κ2) is 4.61. The molecule has 2 aromatic rings. The normalized spacial score (nSPS) is 16.9. The maximum absolute atomic E-state index is 12.3. The van der Waals surface area contributed by atoms with E-state index in [9.17, 15) is 4.79 Å². The van der Waals surface area contributed by atoms with Gasteiger partial charge in [-0.1, -0.05) is 12.1 Å². The molecule has 1 unspecified atom stereocenters. The van der Waals surface area contributed by atoms with Crippen LogP contribution in [-0.4, -0.2) is 23.5 Å². The number of pyridine rings is 1. The molecule has 0 bridgehead atoms. The number of ketones is 1. The number of para-hydroxylation sites is 2. The summed E-state index contributed by atoms with van der Waals surface area (Å²) >= 11 is 0. The number of ether oxygens (including phenoxy) is 2. The van der Waals surface area contributed by atoms with E-state index in [1.807, 2.05) is 12.1 Å². The lowest BCUT2D eigenvalue weighted by Crippen LogP contribution is -2.37. The number of Topliss-reactive ketones (excluding diaryl/α,β-unsaturated/α-hetero) is 1. The molecule has 3 rings (SSSR count). The Hall–Kier alpha value is -2.56. The first kappa shape index (κ1) is 11.5. The van der Waals surface area contributed by atoms with Gasteiger partial charge in [0.05, 0.1) is 5.56 Å². The lowest BCUT2D eigenvalue weighted by molar-refractivity contribution is 0.0586. The number of hydrogen-bond acceptors (Lipinski definition) is 5. The molecule has 0 spiro atoms. The minimum absolute atomic E-state index is 0.171. The minimum Gasteiger partial charge on any atom is -0.485 e. The molecular weight excluding hydrogens is 244 g/mol. The third-order valence-corrected chi connectivity index (χ3v) is 2.92. The Balaban J connectivity index is 1.86. The highest BCUT2D eigenvalue weighted by Crippen LogP contribution is 2.31. The van der Waals surface area contributed by atoms with Crippen LogP contribution in [0.15, 0.2) is 42.7 Å². The summed E-state index contributed by atoms with van der Waals surface area (Å²) in [4.78, 5) is 16.2. The molecule has 0 amide bonds. The zero-order valence-corrected chi connectivity index (χ0v) is 10.1. The lowest BCUT2D eigenvalue weighted by atomic mass is 10.1. The number of carbonyl (C=O) groups is 1. The van der Waals surface area contributed by atoms with Crippen LogP contribution in [0.4, 0.5) is 5.69 Å². The molecule has 96 valence electrons. The van der Waals surface area contributed by atoms with Crippen LogP contribution in [-0.2, 0) is 0 Å². The summed E-state index contributed by atoms with van der Waals surface area (Å²) in [7, 11) is 0. The summed E-state index contributed by atoms with van der Waals surface area (Å²) in [5.74, 6) is 0.986. The monoisotopic (exact) mass is 256 g/mol. The molecule has 0 saturated carbocycles. The lowest BCUT2D eigenvalue weighted by Gasteiger charge is -2.25. The Bertz CT molecular complexity index is 628. The highest BCUT2D eigenvalue weighted by molar-refractivity contribution is 6.03. The molecule has 1 aliphatic rings. The third-order valence-electron chi connectivity index (χ3n) is 2.92. The van der Waals surface area contributed by atoms with Crippen molar-refractivity contribution in [1.82, 2.24) is 4.98 Å². The average Bonchev–Trinajstić information content (AvgIpc) is 2.46. The van der Waals surface area contributed by atoms with E-state index < -0.39 is 6.10 Å². The van der Waals surface area contributed by atoms with Gasteiger partial charge in [0, 0.05) is 18.1 Å². The van der Waals surface area contributed by atoms with Gasteiger partial charge in [-0.3, -0.25) is 9.78 Å². The van der Waals surface area contributed by atoms with Crippen molar-refractivity contribution in [2.75, 3.05) is 12.3 Å². The topological polar surface area (TPSA) is 74.4 Å². The fourth-order valence-corrected chi connectivity index (χ4v) is 1.93. The molecule has 0 radical (unpaired) electrons. The third kappa shape index (κ3) is 2.10. The summed E-state index contributed by atoms with van der Waals surface area (Å²) in [6.45, 7) is 0.171. The predicted octanol–water partition coefficient (Wildman–Crippen LogP) is 1.69. The summed E-state index contributed by atoms with van der Waals surface area (Å²) in [5.41, 5.74) is 6.51. The zero-order valence-electron chi connectivity index (χ0n) is 10.1. The molecule has 19 heavy (non-hydrogen) atoms. The van der Waals surface area contributed by atoms with Crippen molar-refractivity contribution in [3.63, 3.8) is 0 Å². The van der Waals surface area contributed by atoms with Crippen LogP contribution < -0.4 is 15.2 Å². The number of nitrogen functional groups attached to an aromatic ring is 1. The number of fused-ring (bicyclic) bond motifs is 1. The number of nitrogens with two attached hydrogens (primary N) is 1. The van der Waals surface area contributed by atoms with Crippen molar-refractivity contribution < 1.29 is 14.3 Å². The van der Waals surface area contributed by atoms with Gasteiger partial charge in [-0.25, -0.2) is 0 Å². The minimum atomic E-state index is -0.693. The van der Waals surface area contributed by atoms with Gasteiger partial charge in [-0.2, -0.15) is 0 Å². The van der Waals surface area contributed by atoms with E-state index in [0.29, 0.717) is 22.7 Å². The molecule has 1 atom stereocenters. The number of aromatic nitrogens is 1. The Morgan fingerprint density at radius 1 is 1.26 bits per heavy atom. The van der Waals surface area contributed by atoms with Crippen LogP contribution >= 0.6 is 0 Å². The first-order valence-corrected chi connectivity index (χ1v) is 5.88. The molecule has 5 heteroatoms. The van der Waals surface area contributed by atoms with E-state index in [1.54, 1.807) is 24.4 Å². The van der Waals surface area contributed by atoms with Crippen LogP contribution in [0.1, 0.15) is 10.4 Å². The number of carbonyl (C=O) groups excluding carboxylic acids is 1. The summed E-state index contributed by atoms with van der Waals surface area (Å²) in [6, 6.07) is 8.83. The quantitative estimate of drug-likeness (QED) is 0.827. The Morgan fingerprint density at radius 2 is 2.05 bits per heavy atom. The number of anilines is 1. The molecule has 0 fully saturated rings. The highest BCUT2D eigenvalue weighted by atomic mass is 16.6. The summed E-state index contributed by atoms with van der Waals surface area (Å²) in [6.07, 6.45) is 2.29. The zero-order chi connectivity index (χ0) is 13.2. The van der Waals surface area contributed by atoms with Crippen molar-refractivity contribution in [2.24, 2.45) is 0 Å². The first-order valence-electron chi connectivity index (χ1n) is 5.88. The van der Waals surface area contributed by atoms with Crippen LogP contribution in [0, 0.1) is 0 Å². The van der Waals surface area contributed by atoms with Crippen LogP contribution in [0.3, 0.4) is 0 Å². The van der Waals surface area contributed by atoms with Gasteiger partial charge in [0.2, 0.25) is 5.78 Å². The second-order valence-corrected chi connectivity index (χ2v) is 4.19. The Morgan fingerprint density at radius 3 is 2.84 bits per heavy atom. The molecule has 1 aromatic heterocycles. The van der Waals surface area contributed by atoms with Crippen LogP contribution in [0.25, 0.3) is 0 Å². The van der Waals surface area contributed by atoms with Crippen molar-refractivity contribution in [3.05, 3.63) is 48.3 Å².